The van der Waals surface area contributed by atoms with Gasteiger partial charge in [0.25, 0.3) is 0 Å². The molecule has 0 radical (unpaired) electrons. The number of carbonyl (C=O) groups excluding carboxylic acids is 1. The van der Waals surface area contributed by atoms with Crippen molar-refractivity contribution in [3.8, 4) is 0 Å². The molecule has 2 nitrogen and oxygen atoms in total. The fourth-order valence-electron chi connectivity index (χ4n) is 1.48. The Kier molecular flexibility index (Phi) is 4.79. The van der Waals surface area contributed by atoms with Gasteiger partial charge in [-0.3, -0.25) is 4.79 Å². The molecule has 0 heterocycles. The number of hydrogen-bond acceptors (Lipinski definition) is 2. The minimum atomic E-state index is -0.00606. The number of carbonyl (C=O) groups is 1. The Bertz CT molecular complexity index is 338. The molecular formula is C12H16ClNO. The summed E-state index contributed by atoms with van der Waals surface area (Å²) in [5.74, 6) is 0.0995. The first-order chi connectivity index (χ1) is 7.16. The molecule has 0 aliphatic rings. The largest absolute Gasteiger partial charge is 0.330 e. The second-order valence-corrected chi connectivity index (χ2v) is 4.08. The van der Waals surface area contributed by atoms with Gasteiger partial charge in [-0.05, 0) is 31.5 Å². The molecule has 0 bridgehead atoms. The Hall–Kier alpha value is -0.860. The zero-order valence-corrected chi connectivity index (χ0v) is 9.63. The lowest BCUT2D eigenvalue weighted by Crippen LogP contribution is -2.13. The van der Waals surface area contributed by atoms with Crippen molar-refractivity contribution in [2.45, 2.75) is 19.8 Å². The first kappa shape index (κ1) is 12.2. The molecule has 0 aliphatic carbocycles. The smallest absolute Gasteiger partial charge is 0.167 e. The van der Waals surface area contributed by atoms with Crippen molar-refractivity contribution >= 4 is 17.4 Å². The number of benzene rings is 1. The highest BCUT2D eigenvalue weighted by atomic mass is 35.5. The van der Waals surface area contributed by atoms with Gasteiger partial charge in [-0.25, -0.2) is 0 Å². The Morgan fingerprint density at radius 2 is 2.13 bits per heavy atom. The molecule has 1 unspecified atom stereocenters. The van der Waals surface area contributed by atoms with Crippen LogP contribution in [0.4, 0.5) is 0 Å². The van der Waals surface area contributed by atoms with Gasteiger partial charge in [-0.15, -0.1) is 0 Å². The van der Waals surface area contributed by atoms with Gasteiger partial charge in [0.2, 0.25) is 0 Å². The Morgan fingerprint density at radius 3 is 2.73 bits per heavy atom. The molecule has 0 spiro atoms. The summed E-state index contributed by atoms with van der Waals surface area (Å²) in [6.45, 7) is 2.54. The number of hydrogen-bond donors (Lipinski definition) is 1. The van der Waals surface area contributed by atoms with Crippen LogP contribution in [0.3, 0.4) is 0 Å². The minimum Gasteiger partial charge on any atom is -0.330 e. The lowest BCUT2D eigenvalue weighted by atomic mass is 9.95. The van der Waals surface area contributed by atoms with E-state index in [0.717, 1.165) is 12.8 Å². The van der Waals surface area contributed by atoms with Gasteiger partial charge in [0, 0.05) is 11.5 Å². The molecular weight excluding hydrogens is 210 g/mol. The molecule has 82 valence electrons. The zero-order chi connectivity index (χ0) is 11.3. The van der Waals surface area contributed by atoms with Crippen LogP contribution in [-0.2, 0) is 0 Å². The van der Waals surface area contributed by atoms with E-state index in [4.69, 9.17) is 17.3 Å². The molecule has 0 saturated heterocycles. The summed E-state index contributed by atoms with van der Waals surface area (Å²) in [7, 11) is 0. The molecule has 1 aromatic rings. The monoisotopic (exact) mass is 225 g/mol. The lowest BCUT2D eigenvalue weighted by molar-refractivity contribution is 0.0923. The zero-order valence-electron chi connectivity index (χ0n) is 8.87. The van der Waals surface area contributed by atoms with Crippen LogP contribution in [0, 0.1) is 5.92 Å². The number of Topliss-reactive ketones (excluding diaryl/α,β-unsaturated/α-hetero) is 1. The highest BCUT2D eigenvalue weighted by molar-refractivity contribution is 6.34. The second-order valence-electron chi connectivity index (χ2n) is 3.68. The molecule has 0 amide bonds. The molecule has 0 saturated carbocycles. The Morgan fingerprint density at radius 1 is 1.47 bits per heavy atom. The summed E-state index contributed by atoms with van der Waals surface area (Å²) in [5, 5.41) is 0.530. The van der Waals surface area contributed by atoms with E-state index < -0.39 is 0 Å². The molecule has 15 heavy (non-hydrogen) atoms. The molecule has 1 atom stereocenters. The molecule has 0 aliphatic heterocycles. The van der Waals surface area contributed by atoms with E-state index in [9.17, 15) is 4.79 Å². The van der Waals surface area contributed by atoms with E-state index in [0.29, 0.717) is 17.1 Å². The van der Waals surface area contributed by atoms with Crippen molar-refractivity contribution in [1.29, 1.82) is 0 Å². The third kappa shape index (κ3) is 3.33. The van der Waals surface area contributed by atoms with E-state index in [2.05, 4.69) is 0 Å². The molecule has 1 aromatic carbocycles. The summed E-state index contributed by atoms with van der Waals surface area (Å²) >= 11 is 5.95. The van der Waals surface area contributed by atoms with Crippen molar-refractivity contribution in [2.75, 3.05) is 6.54 Å². The maximum absolute atomic E-state index is 11.9. The van der Waals surface area contributed by atoms with Crippen LogP contribution in [0.25, 0.3) is 0 Å². The normalized spacial score (nSPS) is 12.5. The second kappa shape index (κ2) is 5.89. The quantitative estimate of drug-likeness (QED) is 0.783. The van der Waals surface area contributed by atoms with E-state index in [-0.39, 0.29) is 11.7 Å². The van der Waals surface area contributed by atoms with Crippen LogP contribution < -0.4 is 5.73 Å². The first-order valence-corrected chi connectivity index (χ1v) is 5.53. The van der Waals surface area contributed by atoms with Crippen molar-refractivity contribution in [3.05, 3.63) is 34.9 Å². The topological polar surface area (TPSA) is 43.1 Å². The third-order valence-electron chi connectivity index (χ3n) is 2.43. The average molecular weight is 226 g/mol. The highest BCUT2D eigenvalue weighted by Crippen LogP contribution is 2.20. The Labute approximate surface area is 95.4 Å². The van der Waals surface area contributed by atoms with Crippen LogP contribution in [0.15, 0.2) is 24.3 Å². The number of halogens is 1. The summed E-state index contributed by atoms with van der Waals surface area (Å²) in [6, 6.07) is 7.16. The van der Waals surface area contributed by atoms with Crippen molar-refractivity contribution in [3.63, 3.8) is 0 Å². The number of nitrogens with two attached hydrogens (primary N) is 1. The molecule has 1 rings (SSSR count). The summed E-state index contributed by atoms with van der Waals surface area (Å²) in [4.78, 5) is 11.9. The van der Waals surface area contributed by atoms with E-state index in [1.54, 1.807) is 12.1 Å². The van der Waals surface area contributed by atoms with Gasteiger partial charge in [0.15, 0.2) is 5.78 Å². The van der Waals surface area contributed by atoms with E-state index in [1.807, 2.05) is 19.1 Å². The highest BCUT2D eigenvalue weighted by Gasteiger charge is 2.16. The van der Waals surface area contributed by atoms with Crippen LogP contribution in [-0.4, -0.2) is 12.3 Å². The van der Waals surface area contributed by atoms with Crippen molar-refractivity contribution < 1.29 is 4.79 Å². The SMILES string of the molecule is CC(CCCN)C(=O)c1ccccc1Cl. The molecule has 0 fully saturated rings. The Balaban J connectivity index is 2.72. The minimum absolute atomic E-state index is 0.00606. The molecule has 2 N–H and O–H groups in total. The predicted octanol–water partition coefficient (Wildman–Crippen LogP) is 2.90. The fourth-order valence-corrected chi connectivity index (χ4v) is 1.71. The van der Waals surface area contributed by atoms with Crippen LogP contribution in [0.5, 0.6) is 0 Å². The van der Waals surface area contributed by atoms with Gasteiger partial charge in [-0.1, -0.05) is 30.7 Å². The van der Waals surface area contributed by atoms with Crippen LogP contribution in [0.2, 0.25) is 5.02 Å². The van der Waals surface area contributed by atoms with Crippen LogP contribution >= 0.6 is 11.6 Å². The van der Waals surface area contributed by atoms with Gasteiger partial charge in [0.05, 0.1) is 5.02 Å². The van der Waals surface area contributed by atoms with Crippen molar-refractivity contribution in [2.24, 2.45) is 11.7 Å². The maximum atomic E-state index is 11.9. The maximum Gasteiger partial charge on any atom is 0.167 e. The number of ketones is 1. The van der Waals surface area contributed by atoms with Gasteiger partial charge in [-0.2, -0.15) is 0 Å². The molecule has 3 heteroatoms. The molecule has 0 aromatic heterocycles. The van der Waals surface area contributed by atoms with Gasteiger partial charge >= 0.3 is 0 Å². The van der Waals surface area contributed by atoms with Gasteiger partial charge < -0.3 is 5.73 Å². The predicted molar refractivity (Wildman–Crippen MR) is 63.2 cm³/mol. The average Bonchev–Trinajstić information content (AvgIpc) is 2.25. The summed E-state index contributed by atoms with van der Waals surface area (Å²) in [5.41, 5.74) is 6.02. The van der Waals surface area contributed by atoms with E-state index in [1.165, 1.54) is 0 Å². The standard InChI is InChI=1S/C12H16ClNO/c1-9(5-4-8-14)12(15)10-6-2-3-7-11(10)13/h2-3,6-7,9H,4-5,8,14H2,1H3. The van der Waals surface area contributed by atoms with Crippen LogP contribution in [0.1, 0.15) is 30.1 Å². The van der Waals surface area contributed by atoms with Crippen molar-refractivity contribution in [1.82, 2.24) is 0 Å². The lowest BCUT2D eigenvalue weighted by Gasteiger charge is -2.10. The first-order valence-electron chi connectivity index (χ1n) is 5.15. The summed E-state index contributed by atoms with van der Waals surface area (Å²) in [6.07, 6.45) is 1.69. The summed E-state index contributed by atoms with van der Waals surface area (Å²) < 4.78 is 0. The fraction of sp³-hybridized carbons (Fsp3) is 0.417. The third-order valence-corrected chi connectivity index (χ3v) is 2.76. The van der Waals surface area contributed by atoms with E-state index >= 15 is 0 Å². The number of rotatable bonds is 5. The van der Waals surface area contributed by atoms with Gasteiger partial charge in [0.1, 0.15) is 0 Å².